The summed E-state index contributed by atoms with van der Waals surface area (Å²) >= 11 is 0. The lowest BCUT2D eigenvalue weighted by atomic mass is 10.0. The molecule has 0 unspecified atom stereocenters. The van der Waals surface area contributed by atoms with Crippen LogP contribution < -0.4 is 4.90 Å². The number of anilines is 3. The number of rotatable bonds is 4. The summed E-state index contributed by atoms with van der Waals surface area (Å²) in [5, 5.41) is 2.37. The van der Waals surface area contributed by atoms with Crippen LogP contribution in [0.2, 0.25) is 0 Å². The number of furan rings is 2. The first-order valence-electron chi connectivity index (χ1n) is 11.0. The number of hydrogen-bond acceptors (Lipinski definition) is 2. The quantitative estimate of drug-likeness (QED) is 0.287. The molecule has 0 saturated heterocycles. The summed E-state index contributed by atoms with van der Waals surface area (Å²) in [7, 11) is 0. The van der Waals surface area contributed by atoms with E-state index in [2.05, 4.69) is 110 Å². The average Bonchev–Trinajstić information content (AvgIpc) is 3.45. The highest BCUT2D eigenvalue weighted by atomic mass is 16.3. The first-order chi connectivity index (χ1) is 15.7. The van der Waals surface area contributed by atoms with Crippen molar-refractivity contribution in [3.8, 4) is 11.1 Å². The van der Waals surface area contributed by atoms with E-state index in [9.17, 15) is 0 Å². The van der Waals surface area contributed by atoms with Gasteiger partial charge in [0.25, 0.3) is 0 Å². The number of benzene rings is 5. The van der Waals surface area contributed by atoms with Gasteiger partial charge in [-0.2, -0.15) is 0 Å². The third-order valence-corrected chi connectivity index (χ3v) is 6.33. The van der Waals surface area contributed by atoms with E-state index in [0.717, 1.165) is 16.9 Å². The van der Waals surface area contributed by atoms with E-state index in [1.165, 1.54) is 44.4 Å². The molecule has 0 amide bonds. The van der Waals surface area contributed by atoms with Gasteiger partial charge in [0.2, 0.25) is 0 Å². The van der Waals surface area contributed by atoms with E-state index in [1.54, 1.807) is 0 Å². The Bertz CT molecular complexity index is 1500. The van der Waals surface area contributed by atoms with Crippen LogP contribution in [0.15, 0.2) is 108 Å². The standard InChI is InChI=1S/C30H23NO/c1-20-7-3-5-9-27(20)31(28-10-6-4-8-21(28)2)24-14-11-22(12-15-24)23-13-16-25-26(19-23)30-18-17-29(25)32-30/h3-19H,1-2H3. The zero-order valence-electron chi connectivity index (χ0n) is 18.2. The molecule has 2 bridgehead atoms. The molecule has 6 rings (SSSR count). The molecule has 0 N–H and O–H groups in total. The monoisotopic (exact) mass is 413 g/mol. The molecular formula is C30H23NO. The predicted octanol–water partition coefficient (Wildman–Crippen LogP) is 8.78. The van der Waals surface area contributed by atoms with Gasteiger partial charge in [0.05, 0.1) is 0 Å². The molecule has 154 valence electrons. The molecular weight excluding hydrogens is 390 g/mol. The van der Waals surface area contributed by atoms with Crippen molar-refractivity contribution in [2.24, 2.45) is 0 Å². The van der Waals surface area contributed by atoms with Crippen LogP contribution in [0.25, 0.3) is 33.1 Å². The highest BCUT2D eigenvalue weighted by Crippen LogP contribution is 2.39. The van der Waals surface area contributed by atoms with Gasteiger partial charge in [-0.25, -0.2) is 0 Å². The van der Waals surface area contributed by atoms with Gasteiger partial charge in [0.1, 0.15) is 11.2 Å². The van der Waals surface area contributed by atoms with Crippen LogP contribution in [0.4, 0.5) is 17.1 Å². The molecule has 2 heteroatoms. The Morgan fingerprint density at radius 2 is 1.09 bits per heavy atom. The van der Waals surface area contributed by atoms with Crippen LogP contribution in [-0.2, 0) is 0 Å². The SMILES string of the molecule is Cc1ccccc1N(c1ccc(-c2ccc3c4ccc(o4)c3c2)cc1)c1ccccc1C. The Hall–Kier alpha value is -4.04. The molecule has 0 atom stereocenters. The highest BCUT2D eigenvalue weighted by molar-refractivity contribution is 6.08. The van der Waals surface area contributed by atoms with Gasteiger partial charge in [-0.1, -0.05) is 54.6 Å². The normalized spacial score (nSPS) is 11.4. The van der Waals surface area contributed by atoms with Gasteiger partial charge in [0.15, 0.2) is 0 Å². The van der Waals surface area contributed by atoms with Crippen molar-refractivity contribution in [3.63, 3.8) is 0 Å². The van der Waals surface area contributed by atoms with Crippen LogP contribution >= 0.6 is 0 Å². The van der Waals surface area contributed by atoms with Gasteiger partial charge < -0.3 is 9.32 Å². The van der Waals surface area contributed by atoms with Gasteiger partial charge in [0, 0.05) is 27.8 Å². The molecule has 0 fully saturated rings. The lowest BCUT2D eigenvalue weighted by Gasteiger charge is -2.28. The average molecular weight is 414 g/mol. The Kier molecular flexibility index (Phi) is 4.26. The molecule has 2 nitrogen and oxygen atoms in total. The molecule has 2 heterocycles. The van der Waals surface area contributed by atoms with Gasteiger partial charge in [-0.3, -0.25) is 0 Å². The zero-order valence-corrected chi connectivity index (χ0v) is 18.2. The third kappa shape index (κ3) is 2.96. The fourth-order valence-corrected chi connectivity index (χ4v) is 4.61. The van der Waals surface area contributed by atoms with Gasteiger partial charge >= 0.3 is 0 Å². The van der Waals surface area contributed by atoms with Crippen LogP contribution in [0, 0.1) is 13.8 Å². The maximum Gasteiger partial charge on any atom is 0.135 e. The predicted molar refractivity (Wildman–Crippen MR) is 134 cm³/mol. The Labute approximate surface area is 187 Å². The topological polar surface area (TPSA) is 16.4 Å². The summed E-state index contributed by atoms with van der Waals surface area (Å²) in [6.07, 6.45) is 0. The zero-order chi connectivity index (χ0) is 21.7. The van der Waals surface area contributed by atoms with Crippen molar-refractivity contribution in [1.82, 2.24) is 0 Å². The molecule has 0 aliphatic heterocycles. The van der Waals surface area contributed by atoms with Gasteiger partial charge in [-0.15, -0.1) is 0 Å². The minimum Gasteiger partial charge on any atom is -0.456 e. The summed E-state index contributed by atoms with van der Waals surface area (Å²) in [6.45, 7) is 4.33. The van der Waals surface area contributed by atoms with Crippen LogP contribution in [0.1, 0.15) is 11.1 Å². The lowest BCUT2D eigenvalue weighted by Crippen LogP contribution is -2.12. The van der Waals surface area contributed by atoms with Crippen molar-refractivity contribution in [2.75, 3.05) is 4.90 Å². The van der Waals surface area contributed by atoms with E-state index in [-0.39, 0.29) is 0 Å². The number of hydrogen-bond donors (Lipinski definition) is 0. The van der Waals surface area contributed by atoms with E-state index in [1.807, 2.05) is 12.1 Å². The number of aryl methyl sites for hydroxylation is 2. The second-order valence-electron chi connectivity index (χ2n) is 8.38. The molecule has 4 aromatic carbocycles. The number of nitrogens with zero attached hydrogens (tertiary/aromatic N) is 1. The number of fused-ring (bicyclic) bond motifs is 5. The highest BCUT2D eigenvalue weighted by Gasteiger charge is 2.16. The molecule has 0 saturated carbocycles. The number of para-hydroxylation sites is 2. The van der Waals surface area contributed by atoms with Crippen LogP contribution in [-0.4, -0.2) is 0 Å². The first-order valence-corrected chi connectivity index (χ1v) is 11.0. The second-order valence-corrected chi connectivity index (χ2v) is 8.38. The van der Waals surface area contributed by atoms with E-state index < -0.39 is 0 Å². The molecule has 0 aliphatic rings. The summed E-state index contributed by atoms with van der Waals surface area (Å²) in [6, 6.07) is 36.6. The third-order valence-electron chi connectivity index (χ3n) is 6.33. The molecule has 6 aromatic rings. The Morgan fingerprint density at radius 1 is 0.531 bits per heavy atom. The summed E-state index contributed by atoms with van der Waals surface area (Å²) in [5.41, 5.74) is 10.3. The minimum atomic E-state index is 0.957. The second kappa shape index (κ2) is 7.28. The summed E-state index contributed by atoms with van der Waals surface area (Å²) < 4.78 is 5.82. The minimum absolute atomic E-state index is 0.957. The molecule has 2 aromatic heterocycles. The fraction of sp³-hybridized carbons (Fsp3) is 0.0667. The van der Waals surface area contributed by atoms with Crippen molar-refractivity contribution in [2.45, 2.75) is 13.8 Å². The summed E-state index contributed by atoms with van der Waals surface area (Å²) in [5.74, 6) is 0. The first kappa shape index (κ1) is 18.7. The fourth-order valence-electron chi connectivity index (χ4n) is 4.61. The van der Waals surface area contributed by atoms with E-state index in [4.69, 9.17) is 4.42 Å². The molecule has 32 heavy (non-hydrogen) atoms. The van der Waals surface area contributed by atoms with Crippen molar-refractivity contribution in [1.29, 1.82) is 0 Å². The molecule has 0 spiro atoms. The van der Waals surface area contributed by atoms with Crippen LogP contribution in [0.3, 0.4) is 0 Å². The smallest absolute Gasteiger partial charge is 0.135 e. The lowest BCUT2D eigenvalue weighted by molar-refractivity contribution is 0.679. The largest absolute Gasteiger partial charge is 0.456 e. The molecule has 0 aliphatic carbocycles. The Morgan fingerprint density at radius 3 is 1.72 bits per heavy atom. The maximum absolute atomic E-state index is 5.82. The van der Waals surface area contributed by atoms with Crippen molar-refractivity contribution >= 4 is 39.0 Å². The maximum atomic E-state index is 5.82. The van der Waals surface area contributed by atoms with Crippen molar-refractivity contribution in [3.05, 3.63) is 114 Å². The van der Waals surface area contributed by atoms with Crippen molar-refractivity contribution < 1.29 is 4.42 Å². The Balaban J connectivity index is 1.44. The molecule has 0 radical (unpaired) electrons. The van der Waals surface area contributed by atoms with E-state index >= 15 is 0 Å². The summed E-state index contributed by atoms with van der Waals surface area (Å²) in [4.78, 5) is 2.35. The van der Waals surface area contributed by atoms with Crippen LogP contribution in [0.5, 0.6) is 0 Å². The van der Waals surface area contributed by atoms with E-state index in [0.29, 0.717) is 0 Å². The van der Waals surface area contributed by atoms with Gasteiger partial charge in [-0.05, 0) is 84.6 Å².